The molecule has 3 rings (SSSR count). The van der Waals surface area contributed by atoms with Crippen LogP contribution in [0.1, 0.15) is 26.5 Å². The Morgan fingerprint density at radius 3 is 2.78 bits per heavy atom. The molecular weight excluding hydrogens is 360 g/mol. The summed E-state index contributed by atoms with van der Waals surface area (Å²) in [7, 11) is -3.06. The maximum atomic E-state index is 12.2. The predicted molar refractivity (Wildman–Crippen MR) is 111 cm³/mol. The van der Waals surface area contributed by atoms with Gasteiger partial charge in [0, 0.05) is 43.7 Å². The number of fused-ring (bicyclic) bond motifs is 1. The van der Waals surface area contributed by atoms with E-state index in [-0.39, 0.29) is 5.75 Å². The molecule has 2 heterocycles. The molecule has 6 nitrogen and oxygen atoms in total. The highest BCUT2D eigenvalue weighted by atomic mass is 32.2. The number of hydrogen-bond donors (Lipinski definition) is 1. The molecule has 1 saturated heterocycles. The predicted octanol–water partition coefficient (Wildman–Crippen LogP) is 2.25. The average Bonchev–Trinajstić information content (AvgIpc) is 2.63. The number of pyridine rings is 1. The summed E-state index contributed by atoms with van der Waals surface area (Å²) < 4.78 is 23.7. The summed E-state index contributed by atoms with van der Waals surface area (Å²) in [4.78, 5) is 11.5. The number of nitrogens with zero attached hydrogens (tertiary/aromatic N) is 3. The van der Waals surface area contributed by atoms with Gasteiger partial charge in [-0.25, -0.2) is 8.42 Å². The van der Waals surface area contributed by atoms with Crippen LogP contribution in [-0.2, 0) is 16.3 Å². The first-order chi connectivity index (χ1) is 12.8. The van der Waals surface area contributed by atoms with Gasteiger partial charge in [-0.3, -0.25) is 9.98 Å². The second-order valence-corrected chi connectivity index (χ2v) is 10.2. The summed E-state index contributed by atoms with van der Waals surface area (Å²) in [5, 5.41) is 4.43. The fraction of sp³-hybridized carbons (Fsp3) is 0.500. The van der Waals surface area contributed by atoms with E-state index < -0.39 is 14.6 Å². The van der Waals surface area contributed by atoms with Crippen molar-refractivity contribution in [3.8, 4) is 0 Å². The Bertz CT molecular complexity index is 938. The van der Waals surface area contributed by atoms with Crippen molar-refractivity contribution in [2.24, 2.45) is 4.99 Å². The minimum atomic E-state index is -3.06. The first kappa shape index (κ1) is 19.6. The molecule has 0 aliphatic carbocycles. The van der Waals surface area contributed by atoms with E-state index in [1.54, 1.807) is 13.8 Å². The molecule has 0 bridgehead atoms. The second kappa shape index (κ2) is 7.84. The van der Waals surface area contributed by atoms with Crippen molar-refractivity contribution in [2.75, 3.05) is 31.9 Å². The topological polar surface area (TPSA) is 74.7 Å². The quantitative estimate of drug-likeness (QED) is 0.642. The average molecular weight is 389 g/mol. The standard InChI is InChI=1S/C20H28N4O2S/c1-4-21-19(24-13-14-27(25,26)20(2,3)15-24)22-12-11-17-10-9-16-7-5-6-8-18(16)23-17/h5-10H,4,11-15H2,1-3H3,(H,21,22). The van der Waals surface area contributed by atoms with E-state index in [1.165, 1.54) is 0 Å². The number of aromatic nitrogens is 1. The third kappa shape index (κ3) is 4.40. The normalized spacial score (nSPS) is 19.2. The molecule has 0 unspecified atom stereocenters. The summed E-state index contributed by atoms with van der Waals surface area (Å²) in [6, 6.07) is 12.2. The smallest absolute Gasteiger partial charge is 0.194 e. The highest BCUT2D eigenvalue weighted by Gasteiger charge is 2.40. The van der Waals surface area contributed by atoms with Crippen molar-refractivity contribution >= 4 is 26.7 Å². The number of benzene rings is 1. The van der Waals surface area contributed by atoms with E-state index in [0.29, 0.717) is 19.6 Å². The van der Waals surface area contributed by atoms with Gasteiger partial charge in [0.1, 0.15) is 0 Å². The van der Waals surface area contributed by atoms with Gasteiger partial charge >= 0.3 is 0 Å². The van der Waals surface area contributed by atoms with Crippen LogP contribution < -0.4 is 5.32 Å². The number of sulfone groups is 1. The van der Waals surface area contributed by atoms with E-state index in [1.807, 2.05) is 31.2 Å². The Labute approximate surface area is 161 Å². The molecule has 0 spiro atoms. The van der Waals surface area contributed by atoms with Crippen LogP contribution in [0.4, 0.5) is 0 Å². The Kier molecular flexibility index (Phi) is 5.69. The number of rotatable bonds is 4. The summed E-state index contributed by atoms with van der Waals surface area (Å²) >= 11 is 0. The molecule has 1 aliphatic heterocycles. The molecule has 7 heteroatoms. The first-order valence-electron chi connectivity index (χ1n) is 9.43. The van der Waals surface area contributed by atoms with E-state index >= 15 is 0 Å². The zero-order valence-electron chi connectivity index (χ0n) is 16.3. The van der Waals surface area contributed by atoms with Gasteiger partial charge in [0.2, 0.25) is 0 Å². The molecule has 27 heavy (non-hydrogen) atoms. The number of nitrogens with one attached hydrogen (secondary N) is 1. The number of hydrogen-bond acceptors (Lipinski definition) is 4. The third-order valence-electron chi connectivity index (χ3n) is 4.96. The molecule has 0 saturated carbocycles. The monoisotopic (exact) mass is 388 g/mol. The Morgan fingerprint density at radius 2 is 2.04 bits per heavy atom. The van der Waals surface area contributed by atoms with E-state index in [2.05, 4.69) is 22.3 Å². The Hall–Kier alpha value is -2.15. The van der Waals surface area contributed by atoms with Gasteiger partial charge in [0.05, 0.1) is 16.0 Å². The van der Waals surface area contributed by atoms with Crippen LogP contribution in [0, 0.1) is 0 Å². The van der Waals surface area contributed by atoms with Crippen LogP contribution in [0.25, 0.3) is 10.9 Å². The van der Waals surface area contributed by atoms with Gasteiger partial charge in [0.15, 0.2) is 15.8 Å². The lowest BCUT2D eigenvalue weighted by molar-refractivity contribution is 0.353. The SMILES string of the molecule is CCNC(=NCCc1ccc2ccccc2n1)N1CCS(=O)(=O)C(C)(C)C1. The van der Waals surface area contributed by atoms with Gasteiger partial charge in [-0.15, -0.1) is 0 Å². The van der Waals surface area contributed by atoms with E-state index in [0.717, 1.165) is 35.5 Å². The van der Waals surface area contributed by atoms with Crippen molar-refractivity contribution in [1.82, 2.24) is 15.2 Å². The van der Waals surface area contributed by atoms with Crippen LogP contribution >= 0.6 is 0 Å². The van der Waals surface area contributed by atoms with Crippen molar-refractivity contribution in [1.29, 1.82) is 0 Å². The van der Waals surface area contributed by atoms with Gasteiger partial charge in [-0.1, -0.05) is 24.3 Å². The molecule has 1 aliphatic rings. The molecule has 0 atom stereocenters. The fourth-order valence-corrected chi connectivity index (χ4v) is 4.64. The molecule has 1 aromatic carbocycles. The molecule has 0 amide bonds. The maximum Gasteiger partial charge on any atom is 0.194 e. The molecule has 146 valence electrons. The number of para-hydroxylation sites is 1. The zero-order chi connectivity index (χ0) is 19.5. The number of aliphatic imine (C=N–C) groups is 1. The lowest BCUT2D eigenvalue weighted by Gasteiger charge is -2.39. The van der Waals surface area contributed by atoms with Crippen molar-refractivity contribution < 1.29 is 8.42 Å². The molecule has 1 aromatic heterocycles. The van der Waals surface area contributed by atoms with E-state index in [4.69, 9.17) is 9.98 Å². The van der Waals surface area contributed by atoms with Gasteiger partial charge in [0.25, 0.3) is 0 Å². The lowest BCUT2D eigenvalue weighted by Crippen LogP contribution is -2.57. The second-order valence-electron chi connectivity index (χ2n) is 7.48. The highest BCUT2D eigenvalue weighted by Crippen LogP contribution is 2.23. The minimum absolute atomic E-state index is 0.163. The van der Waals surface area contributed by atoms with Gasteiger partial charge in [-0.05, 0) is 32.9 Å². The Morgan fingerprint density at radius 1 is 1.26 bits per heavy atom. The lowest BCUT2D eigenvalue weighted by atomic mass is 10.2. The van der Waals surface area contributed by atoms with Gasteiger partial charge in [-0.2, -0.15) is 0 Å². The maximum absolute atomic E-state index is 12.2. The van der Waals surface area contributed by atoms with Crippen LogP contribution in [0.3, 0.4) is 0 Å². The van der Waals surface area contributed by atoms with Crippen LogP contribution in [0.5, 0.6) is 0 Å². The first-order valence-corrected chi connectivity index (χ1v) is 11.1. The summed E-state index contributed by atoms with van der Waals surface area (Å²) in [5.41, 5.74) is 2.00. The third-order valence-corrected chi connectivity index (χ3v) is 7.50. The van der Waals surface area contributed by atoms with Crippen LogP contribution in [0.15, 0.2) is 41.4 Å². The van der Waals surface area contributed by atoms with Crippen molar-refractivity contribution in [3.63, 3.8) is 0 Å². The molecular formula is C20H28N4O2S. The number of guanidine groups is 1. The minimum Gasteiger partial charge on any atom is -0.357 e. The van der Waals surface area contributed by atoms with Crippen molar-refractivity contribution in [3.05, 3.63) is 42.1 Å². The summed E-state index contributed by atoms with van der Waals surface area (Å²) in [5.74, 6) is 0.942. The summed E-state index contributed by atoms with van der Waals surface area (Å²) in [6.45, 7) is 7.88. The summed E-state index contributed by atoms with van der Waals surface area (Å²) in [6.07, 6.45) is 0.745. The van der Waals surface area contributed by atoms with Crippen LogP contribution in [-0.4, -0.2) is 60.9 Å². The fourth-order valence-electron chi connectivity index (χ4n) is 3.27. The van der Waals surface area contributed by atoms with E-state index in [9.17, 15) is 8.42 Å². The largest absolute Gasteiger partial charge is 0.357 e. The molecule has 2 aromatic rings. The van der Waals surface area contributed by atoms with Crippen LogP contribution in [0.2, 0.25) is 0 Å². The van der Waals surface area contributed by atoms with Gasteiger partial charge < -0.3 is 10.2 Å². The molecule has 1 N–H and O–H groups in total. The highest BCUT2D eigenvalue weighted by molar-refractivity contribution is 7.92. The Balaban J connectivity index is 1.70. The molecule has 0 radical (unpaired) electrons. The zero-order valence-corrected chi connectivity index (χ0v) is 17.1. The molecule has 1 fully saturated rings. The van der Waals surface area contributed by atoms with Crippen molar-refractivity contribution in [2.45, 2.75) is 31.9 Å².